The van der Waals surface area contributed by atoms with Crippen LogP contribution < -0.4 is 9.88 Å². The van der Waals surface area contributed by atoms with E-state index in [1.807, 2.05) is 27.7 Å². The number of rotatable bonds is 9. The summed E-state index contributed by atoms with van der Waals surface area (Å²) in [6, 6.07) is 9.35. The maximum atomic E-state index is 13.0. The lowest BCUT2D eigenvalue weighted by molar-refractivity contribution is -0.275. The zero-order valence-corrected chi connectivity index (χ0v) is 22.0. The van der Waals surface area contributed by atoms with E-state index < -0.39 is 27.2 Å². The Hall–Kier alpha value is -2.39. The van der Waals surface area contributed by atoms with Gasteiger partial charge in [-0.25, -0.2) is 13.6 Å². The zero-order valence-electron chi connectivity index (χ0n) is 21.2. The second kappa shape index (κ2) is 10.2. The molecule has 198 valence electrons. The largest absolute Gasteiger partial charge is 0.573 e. The molecule has 2 N–H and O–H groups in total. The molecule has 1 unspecified atom stereocenters. The molecule has 0 saturated heterocycles. The van der Waals surface area contributed by atoms with E-state index >= 15 is 0 Å². The van der Waals surface area contributed by atoms with E-state index in [-0.39, 0.29) is 22.8 Å². The van der Waals surface area contributed by atoms with Gasteiger partial charge in [-0.1, -0.05) is 52.3 Å². The Morgan fingerprint density at radius 3 is 2.31 bits per heavy atom. The van der Waals surface area contributed by atoms with Crippen molar-refractivity contribution in [2.75, 3.05) is 0 Å². The van der Waals surface area contributed by atoms with Crippen LogP contribution in [0, 0.1) is 5.41 Å². The Bertz CT molecular complexity index is 1230. The monoisotopic (exact) mass is 525 g/mol. The lowest BCUT2D eigenvalue weighted by Gasteiger charge is -2.43. The van der Waals surface area contributed by atoms with Crippen molar-refractivity contribution < 1.29 is 31.1 Å². The maximum Gasteiger partial charge on any atom is 0.573 e. The molecule has 0 heterocycles. The zero-order chi connectivity index (χ0) is 26.9. The number of hydrogen-bond acceptors (Lipinski definition) is 4. The minimum atomic E-state index is -4.80. The van der Waals surface area contributed by atoms with Gasteiger partial charge >= 0.3 is 6.36 Å². The SMILES string of the molecule is CC(C)(C)C(C)(CCCCC(=O)c1cc2c(c(S(N)(=O)=O)c1)CCC2)c1ccccc1OC(F)(F)F. The van der Waals surface area contributed by atoms with Gasteiger partial charge in [0, 0.05) is 23.0 Å². The van der Waals surface area contributed by atoms with Gasteiger partial charge in [-0.15, -0.1) is 13.2 Å². The third-order valence-corrected chi connectivity index (χ3v) is 8.47. The normalized spacial score (nSPS) is 15.9. The minimum Gasteiger partial charge on any atom is -0.405 e. The summed E-state index contributed by atoms with van der Waals surface area (Å²) in [5.74, 6) is -0.389. The van der Waals surface area contributed by atoms with Crippen molar-refractivity contribution in [3.63, 3.8) is 0 Å². The highest BCUT2D eigenvalue weighted by molar-refractivity contribution is 7.89. The molecule has 0 spiro atoms. The van der Waals surface area contributed by atoms with Crippen molar-refractivity contribution in [1.82, 2.24) is 0 Å². The molecule has 2 aromatic carbocycles. The third kappa shape index (κ3) is 6.29. The molecule has 0 radical (unpaired) electrons. The average molecular weight is 526 g/mol. The predicted octanol–water partition coefficient (Wildman–Crippen LogP) is 6.47. The fourth-order valence-electron chi connectivity index (χ4n) is 5.04. The first-order valence-electron chi connectivity index (χ1n) is 12.1. The first kappa shape index (κ1) is 28.2. The Balaban J connectivity index is 1.76. The number of ether oxygens (including phenoxy) is 1. The fraction of sp³-hybridized carbons (Fsp3) is 0.519. The highest BCUT2D eigenvalue weighted by Gasteiger charge is 2.42. The average Bonchev–Trinajstić information content (AvgIpc) is 3.22. The van der Waals surface area contributed by atoms with E-state index in [1.165, 1.54) is 18.2 Å². The second-order valence-corrected chi connectivity index (χ2v) is 12.3. The van der Waals surface area contributed by atoms with E-state index in [9.17, 15) is 26.4 Å². The molecule has 0 saturated carbocycles. The molecule has 36 heavy (non-hydrogen) atoms. The van der Waals surface area contributed by atoms with Crippen molar-refractivity contribution in [2.45, 2.75) is 89.3 Å². The summed E-state index contributed by atoms with van der Waals surface area (Å²) in [4.78, 5) is 13.0. The van der Waals surface area contributed by atoms with Gasteiger partial charge in [-0.2, -0.15) is 0 Å². The van der Waals surface area contributed by atoms with Gasteiger partial charge in [-0.05, 0) is 66.8 Å². The van der Waals surface area contributed by atoms with E-state index in [0.717, 1.165) is 12.0 Å². The minimum absolute atomic E-state index is 0.0300. The molecule has 5 nitrogen and oxygen atoms in total. The molecular formula is C27H34F3NO4S. The van der Waals surface area contributed by atoms with Gasteiger partial charge < -0.3 is 4.74 Å². The first-order valence-corrected chi connectivity index (χ1v) is 13.6. The topological polar surface area (TPSA) is 86.5 Å². The van der Waals surface area contributed by atoms with Crippen LogP contribution in [0.4, 0.5) is 13.2 Å². The van der Waals surface area contributed by atoms with Crippen molar-refractivity contribution in [1.29, 1.82) is 0 Å². The first-order chi connectivity index (χ1) is 16.5. The molecule has 9 heteroatoms. The van der Waals surface area contributed by atoms with Crippen LogP contribution in [0.25, 0.3) is 0 Å². The molecule has 0 amide bonds. The second-order valence-electron chi connectivity index (χ2n) is 10.8. The predicted molar refractivity (Wildman–Crippen MR) is 133 cm³/mol. The smallest absolute Gasteiger partial charge is 0.405 e. The van der Waals surface area contributed by atoms with Gasteiger partial charge in [0.25, 0.3) is 0 Å². The lowest BCUT2D eigenvalue weighted by atomic mass is 9.61. The summed E-state index contributed by atoms with van der Waals surface area (Å²) >= 11 is 0. The standard InChI is InChI=1S/C27H34F3NO4S/c1-25(2,3)26(4,21-12-5-6-14-23(21)35-27(28,29)30)15-8-7-13-22(32)19-16-18-10-9-11-20(18)24(17-19)36(31,33)34/h5-6,12,14,16-17H,7-11,13,15H2,1-4H3,(H2,31,33,34). The van der Waals surface area contributed by atoms with E-state index in [0.29, 0.717) is 48.8 Å². The number of primary sulfonamides is 1. The number of halogens is 3. The molecular weight excluding hydrogens is 491 g/mol. The van der Waals surface area contributed by atoms with Gasteiger partial charge in [0.1, 0.15) is 5.75 Å². The van der Waals surface area contributed by atoms with Crippen LogP contribution in [-0.2, 0) is 28.3 Å². The summed E-state index contributed by atoms with van der Waals surface area (Å²) in [5, 5.41) is 5.40. The molecule has 2 aromatic rings. The van der Waals surface area contributed by atoms with Gasteiger partial charge in [0.2, 0.25) is 10.0 Å². The number of hydrogen-bond donors (Lipinski definition) is 1. The summed E-state index contributed by atoms with van der Waals surface area (Å²) in [6.07, 6.45) is -0.809. The number of Topliss-reactive ketones (excluding diaryl/α,β-unsaturated/α-hetero) is 1. The Morgan fingerprint density at radius 1 is 1.03 bits per heavy atom. The van der Waals surface area contributed by atoms with Crippen LogP contribution in [0.1, 0.15) is 86.8 Å². The molecule has 0 fully saturated rings. The van der Waals surface area contributed by atoms with Crippen LogP contribution in [0.5, 0.6) is 5.75 Å². The molecule has 3 rings (SSSR count). The number of carbonyl (C=O) groups excluding carboxylic acids is 1. The van der Waals surface area contributed by atoms with Crippen molar-refractivity contribution >= 4 is 15.8 Å². The number of sulfonamides is 1. The Labute approximate surface area is 211 Å². The highest BCUT2D eigenvalue weighted by atomic mass is 32.2. The van der Waals surface area contributed by atoms with Gasteiger partial charge in [0.05, 0.1) is 4.90 Å². The maximum absolute atomic E-state index is 13.0. The van der Waals surface area contributed by atoms with Crippen LogP contribution in [0.2, 0.25) is 0 Å². The lowest BCUT2D eigenvalue weighted by Crippen LogP contribution is -2.38. The fourth-order valence-corrected chi connectivity index (χ4v) is 5.91. The number of ketones is 1. The molecule has 0 aromatic heterocycles. The number of aryl methyl sites for hydroxylation is 1. The molecule has 1 aliphatic carbocycles. The summed E-state index contributed by atoms with van der Waals surface area (Å²) < 4.78 is 67.6. The van der Waals surface area contributed by atoms with E-state index in [1.54, 1.807) is 18.2 Å². The molecule has 1 aliphatic rings. The highest BCUT2D eigenvalue weighted by Crippen LogP contribution is 2.49. The Kier molecular flexibility index (Phi) is 7.96. The molecule has 1 atom stereocenters. The molecule has 0 aliphatic heterocycles. The van der Waals surface area contributed by atoms with Gasteiger partial charge in [-0.3, -0.25) is 4.79 Å². The number of para-hydroxylation sites is 1. The summed E-state index contributed by atoms with van der Waals surface area (Å²) in [7, 11) is -3.94. The van der Waals surface area contributed by atoms with Gasteiger partial charge in [0.15, 0.2) is 5.78 Å². The van der Waals surface area contributed by atoms with Crippen LogP contribution >= 0.6 is 0 Å². The van der Waals surface area contributed by atoms with Crippen LogP contribution in [0.15, 0.2) is 41.3 Å². The van der Waals surface area contributed by atoms with Crippen LogP contribution in [-0.4, -0.2) is 20.6 Å². The van der Waals surface area contributed by atoms with E-state index in [2.05, 4.69) is 4.74 Å². The van der Waals surface area contributed by atoms with E-state index in [4.69, 9.17) is 5.14 Å². The quantitative estimate of drug-likeness (QED) is 0.300. The number of carbonyl (C=O) groups is 1. The number of fused-ring (bicyclic) bond motifs is 1. The van der Waals surface area contributed by atoms with Crippen molar-refractivity contribution in [3.8, 4) is 5.75 Å². The van der Waals surface area contributed by atoms with Crippen molar-refractivity contribution in [3.05, 3.63) is 58.7 Å². The number of nitrogens with two attached hydrogens (primary N) is 1. The Morgan fingerprint density at radius 2 is 1.69 bits per heavy atom. The summed E-state index contributed by atoms with van der Waals surface area (Å²) in [5.41, 5.74) is 1.31. The van der Waals surface area contributed by atoms with Crippen LogP contribution in [0.3, 0.4) is 0 Å². The number of unbranched alkanes of at least 4 members (excludes halogenated alkanes) is 1. The number of alkyl halides is 3. The van der Waals surface area contributed by atoms with Crippen molar-refractivity contribution in [2.24, 2.45) is 10.6 Å². The molecule has 0 bridgehead atoms. The number of benzene rings is 2. The summed E-state index contributed by atoms with van der Waals surface area (Å²) in [6.45, 7) is 7.85. The third-order valence-electron chi connectivity index (χ3n) is 7.50.